The van der Waals surface area contributed by atoms with Gasteiger partial charge in [0.1, 0.15) is 11.4 Å². The highest BCUT2D eigenvalue weighted by molar-refractivity contribution is 6.33. The van der Waals surface area contributed by atoms with Crippen LogP contribution in [0.3, 0.4) is 0 Å². The number of esters is 1. The van der Waals surface area contributed by atoms with Crippen LogP contribution in [0, 0.1) is 6.92 Å². The third-order valence-electron chi connectivity index (χ3n) is 3.50. The number of nitrogens with zero attached hydrogens (tertiary/aromatic N) is 1. The van der Waals surface area contributed by atoms with Crippen LogP contribution in [-0.2, 0) is 14.3 Å². The number of halogens is 1. The first-order chi connectivity index (χ1) is 10.9. The summed E-state index contributed by atoms with van der Waals surface area (Å²) in [5.74, 6) is -1.08. The number of aromatic hydroxyl groups is 1. The molecule has 7 nitrogen and oxygen atoms in total. The number of methoxy groups -OCH3 is 1. The van der Waals surface area contributed by atoms with Crippen molar-refractivity contribution in [3.05, 3.63) is 34.0 Å². The molecule has 2 rings (SSSR count). The Labute approximate surface area is 138 Å². The average molecular weight is 341 g/mol. The molecule has 1 aromatic carbocycles. The molecule has 0 spiro atoms. The van der Waals surface area contributed by atoms with Gasteiger partial charge in [-0.05, 0) is 18.6 Å². The lowest BCUT2D eigenvalue weighted by Crippen LogP contribution is -2.31. The van der Waals surface area contributed by atoms with Crippen LogP contribution in [0.5, 0.6) is 5.75 Å². The van der Waals surface area contributed by atoms with Gasteiger partial charge in [0, 0.05) is 12.6 Å². The Morgan fingerprint density at radius 2 is 2.17 bits per heavy atom. The third-order valence-corrected chi connectivity index (χ3v) is 3.81. The van der Waals surface area contributed by atoms with Gasteiger partial charge in [0.05, 0.1) is 36.5 Å². The van der Waals surface area contributed by atoms with E-state index in [1.807, 2.05) is 0 Å². The lowest BCUT2D eigenvalue weighted by atomic mass is 10.2. The highest BCUT2D eigenvalue weighted by atomic mass is 35.5. The summed E-state index contributed by atoms with van der Waals surface area (Å²) in [6.45, 7) is 1.59. The number of nitrogens with one attached hydrogen (secondary N) is 1. The molecule has 0 aliphatic carbocycles. The lowest BCUT2D eigenvalue weighted by molar-refractivity contribution is -0.136. The number of ether oxygens (including phenoxy) is 1. The quantitative estimate of drug-likeness (QED) is 0.692. The second-order valence-corrected chi connectivity index (χ2v) is 5.45. The number of phenolic OH excluding ortho intramolecular Hbond substituents is 1. The monoisotopic (exact) mass is 340 g/mol. The summed E-state index contributed by atoms with van der Waals surface area (Å²) in [6, 6.07) is 2.92. The van der Waals surface area contributed by atoms with Gasteiger partial charge in [-0.25, -0.2) is 4.79 Å². The third kappa shape index (κ3) is 3.40. The SMILES string of the molecule is COC(=O)C1=C(Nc2cc(O)c(C)cc2Cl)C(=O)N(CCO)C1. The molecule has 3 N–H and O–H groups in total. The van der Waals surface area contributed by atoms with Crippen molar-refractivity contribution < 1.29 is 24.5 Å². The van der Waals surface area contributed by atoms with E-state index >= 15 is 0 Å². The molecule has 1 amide bonds. The molecule has 1 aliphatic rings. The largest absolute Gasteiger partial charge is 0.508 e. The highest BCUT2D eigenvalue weighted by Gasteiger charge is 2.34. The number of hydrogen-bond donors (Lipinski definition) is 3. The molecule has 8 heteroatoms. The van der Waals surface area contributed by atoms with E-state index in [0.29, 0.717) is 16.3 Å². The fourth-order valence-electron chi connectivity index (χ4n) is 2.24. The van der Waals surface area contributed by atoms with Crippen molar-refractivity contribution in [1.29, 1.82) is 0 Å². The van der Waals surface area contributed by atoms with Crippen LogP contribution < -0.4 is 5.32 Å². The van der Waals surface area contributed by atoms with E-state index in [1.54, 1.807) is 13.0 Å². The van der Waals surface area contributed by atoms with E-state index in [-0.39, 0.29) is 36.7 Å². The minimum absolute atomic E-state index is 0.00905. The smallest absolute Gasteiger partial charge is 0.337 e. The van der Waals surface area contributed by atoms with E-state index in [9.17, 15) is 14.7 Å². The summed E-state index contributed by atoms with van der Waals surface area (Å²) in [7, 11) is 1.22. The van der Waals surface area contributed by atoms with Crippen LogP contribution in [0.25, 0.3) is 0 Å². The van der Waals surface area contributed by atoms with E-state index in [1.165, 1.54) is 18.1 Å². The van der Waals surface area contributed by atoms with E-state index in [2.05, 4.69) is 10.1 Å². The minimum atomic E-state index is -0.645. The van der Waals surface area contributed by atoms with Gasteiger partial charge in [0.2, 0.25) is 0 Å². The molecular formula is C15H17ClN2O5. The number of aliphatic hydroxyl groups excluding tert-OH is 1. The van der Waals surface area contributed by atoms with Crippen molar-refractivity contribution in [2.75, 3.05) is 32.1 Å². The first-order valence-corrected chi connectivity index (χ1v) is 7.24. The number of aliphatic hydroxyl groups is 1. The normalized spacial score (nSPS) is 14.4. The number of anilines is 1. The van der Waals surface area contributed by atoms with Crippen LogP contribution in [0.15, 0.2) is 23.4 Å². The topological polar surface area (TPSA) is 99.1 Å². The van der Waals surface area contributed by atoms with E-state index in [4.69, 9.17) is 16.7 Å². The van der Waals surface area contributed by atoms with E-state index in [0.717, 1.165) is 0 Å². The van der Waals surface area contributed by atoms with Crippen molar-refractivity contribution in [1.82, 2.24) is 4.90 Å². The number of aryl methyl sites for hydroxylation is 1. The summed E-state index contributed by atoms with van der Waals surface area (Å²) in [6.07, 6.45) is 0. The molecule has 0 bridgehead atoms. The van der Waals surface area contributed by atoms with Crippen LogP contribution in [0.1, 0.15) is 5.56 Å². The predicted octanol–water partition coefficient (Wildman–Crippen LogP) is 1.03. The van der Waals surface area contributed by atoms with Crippen molar-refractivity contribution in [3.63, 3.8) is 0 Å². The molecule has 0 saturated heterocycles. The lowest BCUT2D eigenvalue weighted by Gasteiger charge is -2.15. The number of β-amino-alcohol motifs (C(OH)–C–C–N with tert-alkyl or cyclic N) is 1. The number of amides is 1. The number of benzene rings is 1. The van der Waals surface area contributed by atoms with Gasteiger partial charge in [0.25, 0.3) is 5.91 Å². The Morgan fingerprint density at radius 3 is 2.78 bits per heavy atom. The molecule has 1 aromatic rings. The molecule has 23 heavy (non-hydrogen) atoms. The Bertz CT molecular complexity index is 687. The van der Waals surface area contributed by atoms with Crippen LogP contribution in [-0.4, -0.2) is 53.8 Å². The predicted molar refractivity (Wildman–Crippen MR) is 84.2 cm³/mol. The van der Waals surface area contributed by atoms with Gasteiger partial charge in [0.15, 0.2) is 0 Å². The zero-order chi connectivity index (χ0) is 17.1. The maximum atomic E-state index is 12.4. The average Bonchev–Trinajstić information content (AvgIpc) is 2.81. The molecule has 1 heterocycles. The summed E-state index contributed by atoms with van der Waals surface area (Å²) >= 11 is 6.11. The summed E-state index contributed by atoms with van der Waals surface area (Å²) in [5.41, 5.74) is 1.05. The molecule has 0 atom stereocenters. The molecule has 0 radical (unpaired) electrons. The summed E-state index contributed by atoms with van der Waals surface area (Å²) < 4.78 is 4.69. The van der Waals surface area contributed by atoms with Gasteiger partial charge in [-0.2, -0.15) is 0 Å². The number of carbonyl (C=O) groups is 2. The zero-order valence-electron chi connectivity index (χ0n) is 12.7. The molecule has 124 valence electrons. The van der Waals surface area contributed by atoms with Crippen LogP contribution in [0.4, 0.5) is 5.69 Å². The van der Waals surface area contributed by atoms with Crippen LogP contribution in [0.2, 0.25) is 5.02 Å². The highest BCUT2D eigenvalue weighted by Crippen LogP contribution is 2.32. The Morgan fingerprint density at radius 1 is 1.48 bits per heavy atom. The van der Waals surface area contributed by atoms with Crippen molar-refractivity contribution >= 4 is 29.2 Å². The van der Waals surface area contributed by atoms with Gasteiger partial charge >= 0.3 is 5.97 Å². The number of carbonyl (C=O) groups excluding carboxylic acids is 2. The van der Waals surface area contributed by atoms with Crippen molar-refractivity contribution in [2.45, 2.75) is 6.92 Å². The van der Waals surface area contributed by atoms with Gasteiger partial charge in [-0.1, -0.05) is 11.6 Å². The fourth-order valence-corrected chi connectivity index (χ4v) is 2.51. The van der Waals surface area contributed by atoms with Gasteiger partial charge < -0.3 is 25.2 Å². The van der Waals surface area contributed by atoms with Gasteiger partial charge in [-0.15, -0.1) is 0 Å². The second kappa shape index (κ2) is 6.89. The molecular weight excluding hydrogens is 324 g/mol. The second-order valence-electron chi connectivity index (χ2n) is 5.04. The molecule has 0 unspecified atom stereocenters. The Balaban J connectivity index is 2.39. The van der Waals surface area contributed by atoms with E-state index < -0.39 is 11.9 Å². The molecule has 0 aromatic heterocycles. The van der Waals surface area contributed by atoms with Crippen LogP contribution >= 0.6 is 11.6 Å². The minimum Gasteiger partial charge on any atom is -0.508 e. The number of hydrogen-bond acceptors (Lipinski definition) is 6. The molecule has 0 saturated carbocycles. The Kier molecular flexibility index (Phi) is 5.12. The van der Waals surface area contributed by atoms with Crippen molar-refractivity contribution in [2.24, 2.45) is 0 Å². The first-order valence-electron chi connectivity index (χ1n) is 6.86. The summed E-state index contributed by atoms with van der Waals surface area (Å²) in [5, 5.41) is 21.9. The molecule has 1 aliphatic heterocycles. The maximum absolute atomic E-state index is 12.4. The zero-order valence-corrected chi connectivity index (χ0v) is 13.5. The standard InChI is InChI=1S/C15H17ClN2O5/c1-8-5-10(16)11(6-12(8)20)17-13-9(15(22)23-2)7-18(3-4-19)14(13)21/h5-6,17,19-20H,3-4,7H2,1-2H3. The number of rotatable bonds is 5. The Hall–Kier alpha value is -2.25. The van der Waals surface area contributed by atoms with Gasteiger partial charge in [-0.3, -0.25) is 4.79 Å². The first kappa shape index (κ1) is 17.1. The summed E-state index contributed by atoms with van der Waals surface area (Å²) in [4.78, 5) is 25.6. The fraction of sp³-hybridized carbons (Fsp3) is 0.333. The molecule has 0 fully saturated rings. The van der Waals surface area contributed by atoms with Crippen molar-refractivity contribution in [3.8, 4) is 5.75 Å². The number of phenols is 1. The maximum Gasteiger partial charge on any atom is 0.337 e.